The summed E-state index contributed by atoms with van der Waals surface area (Å²) < 4.78 is 64.3. The van der Waals surface area contributed by atoms with Crippen LogP contribution in [0.4, 0.5) is 11.8 Å². The Labute approximate surface area is 266 Å². The summed E-state index contributed by atoms with van der Waals surface area (Å²) >= 11 is 14.2. The zero-order valence-corrected chi connectivity index (χ0v) is 26.7. The molecule has 45 heavy (non-hydrogen) atoms. The number of fused-ring (bicyclic) bond motifs is 5. The third-order valence-electron chi connectivity index (χ3n) is 7.28. The van der Waals surface area contributed by atoms with Gasteiger partial charge >= 0.3 is 13.6 Å². The van der Waals surface area contributed by atoms with Gasteiger partial charge in [-0.1, -0.05) is 24.5 Å². The van der Waals surface area contributed by atoms with Gasteiger partial charge in [-0.05, 0) is 11.6 Å². The first-order valence-electron chi connectivity index (χ1n) is 13.0. The average molecular weight is 725 g/mol. The second-order valence-corrected chi connectivity index (χ2v) is 16.2. The molecule has 6 N–H and O–H groups in total. The lowest BCUT2D eigenvalue weighted by molar-refractivity contribution is -0.0565. The number of halogens is 1. The number of nitrogen functional groups attached to an aromatic ring is 2. The van der Waals surface area contributed by atoms with Crippen molar-refractivity contribution in [2.45, 2.75) is 49.4 Å². The van der Waals surface area contributed by atoms with Gasteiger partial charge in [-0.2, -0.15) is 15.0 Å². The maximum atomic E-state index is 13.5. The van der Waals surface area contributed by atoms with E-state index in [4.69, 9.17) is 50.6 Å². The molecule has 3 unspecified atom stereocenters. The Kier molecular flexibility index (Phi) is 7.94. The Balaban J connectivity index is 1.19. The molecule has 0 radical (unpaired) electrons. The quantitative estimate of drug-likeness (QED) is 0.0963. The average Bonchev–Trinajstić information content (AvgIpc) is 3.72. The highest BCUT2D eigenvalue weighted by Gasteiger charge is 2.51. The Morgan fingerprint density at radius 2 is 1.60 bits per heavy atom. The number of thiol groups is 2. The zero-order chi connectivity index (χ0) is 31.8. The molecule has 3 aliphatic heterocycles. The van der Waals surface area contributed by atoms with Crippen molar-refractivity contribution in [3.8, 4) is 0 Å². The third kappa shape index (κ3) is 5.87. The summed E-state index contributed by atoms with van der Waals surface area (Å²) in [4.78, 5) is 35.1. The smallest absolute Gasteiger partial charge is 0.386 e. The van der Waals surface area contributed by atoms with Gasteiger partial charge in [0.1, 0.15) is 42.3 Å². The fourth-order valence-corrected chi connectivity index (χ4v) is 8.45. The van der Waals surface area contributed by atoms with Crippen molar-refractivity contribution in [2.24, 2.45) is 0 Å². The van der Waals surface area contributed by atoms with Crippen LogP contribution < -0.4 is 17.0 Å². The van der Waals surface area contributed by atoms with Crippen molar-refractivity contribution in [3.63, 3.8) is 0 Å². The summed E-state index contributed by atoms with van der Waals surface area (Å²) in [5, 5.41) is 11.0. The van der Waals surface area contributed by atoms with E-state index in [9.17, 15) is 19.0 Å². The number of nitrogens with two attached hydrogens (primary N) is 2. The van der Waals surface area contributed by atoms with Crippen LogP contribution in [-0.2, 0) is 36.7 Å². The molecule has 0 amide bonds. The van der Waals surface area contributed by atoms with Crippen LogP contribution in [0.2, 0.25) is 5.28 Å². The van der Waals surface area contributed by atoms with Crippen molar-refractivity contribution in [1.82, 2.24) is 39.0 Å². The molecule has 2 bridgehead atoms. The molecule has 4 aromatic heterocycles. The number of imidazole rings is 2. The minimum Gasteiger partial charge on any atom is -0.387 e. The minimum atomic E-state index is -4.30. The predicted molar refractivity (Wildman–Crippen MR) is 161 cm³/mol. The highest BCUT2D eigenvalue weighted by atomic mass is 35.5. The highest BCUT2D eigenvalue weighted by molar-refractivity contribution is 8.44. The van der Waals surface area contributed by atoms with Gasteiger partial charge in [-0.15, -0.1) is 0 Å². The third-order valence-corrected chi connectivity index (χ3v) is 10.7. The van der Waals surface area contributed by atoms with E-state index in [1.807, 2.05) is 0 Å². The standard InChI is InChI=1S/C20H23ClN10O10P2S2/c21-19-26-14(22)10-15(27-19)30(4-24-10)9-1-6-7(38-9)2-36-43(35,45)41-13-12(32)8(3-37-42(34,44)40-6)39-18(13)31-5-25-11-16(31)28-20(23)29-17(11)33/h4-9,12-13,18,32H,1-3H2,(H,34,44)(H,35,45)(H2,22,26,27)(H3,23,28,29,33)/t6?,7-,8-,9-,12?,13?,18-,42-,43+/m1/s1. The molecule has 0 spiro atoms. The molecule has 7 rings (SSSR count). The first kappa shape index (κ1) is 31.3. The first-order chi connectivity index (χ1) is 21.3. The fourth-order valence-electron chi connectivity index (χ4n) is 5.30. The maximum absolute atomic E-state index is 13.5. The second kappa shape index (κ2) is 11.4. The molecule has 242 valence electrons. The fraction of sp³-hybridized carbons (Fsp3) is 0.500. The van der Waals surface area contributed by atoms with E-state index in [1.54, 1.807) is 0 Å². The number of ether oxygens (including phenoxy) is 2. The van der Waals surface area contributed by atoms with Gasteiger partial charge in [0.15, 0.2) is 28.9 Å². The van der Waals surface area contributed by atoms with Crippen molar-refractivity contribution in [2.75, 3.05) is 24.7 Å². The Morgan fingerprint density at radius 1 is 0.933 bits per heavy atom. The highest BCUT2D eigenvalue weighted by Crippen LogP contribution is 2.60. The van der Waals surface area contributed by atoms with Gasteiger partial charge in [-0.25, -0.2) is 19.1 Å². The number of aliphatic hydroxyl groups excluding tert-OH is 1. The molecule has 0 aliphatic carbocycles. The molecule has 7 heterocycles. The van der Waals surface area contributed by atoms with Gasteiger partial charge in [-0.3, -0.25) is 37.0 Å². The number of nitrogens with one attached hydrogen (secondary N) is 1. The molecule has 4 aromatic rings. The van der Waals surface area contributed by atoms with Gasteiger partial charge < -0.3 is 26.0 Å². The molecule has 3 aliphatic rings. The van der Waals surface area contributed by atoms with Crippen LogP contribution in [0, 0.1) is 0 Å². The summed E-state index contributed by atoms with van der Waals surface area (Å²) in [5.74, 6) is -0.159. The lowest BCUT2D eigenvalue weighted by atomic mass is 10.1. The van der Waals surface area contributed by atoms with Gasteiger partial charge in [0, 0.05) is 6.42 Å². The second-order valence-electron chi connectivity index (χ2n) is 10.1. The van der Waals surface area contributed by atoms with Crippen LogP contribution in [0.1, 0.15) is 18.9 Å². The van der Waals surface area contributed by atoms with E-state index in [0.29, 0.717) is 0 Å². The summed E-state index contributed by atoms with van der Waals surface area (Å²) in [7, 11) is 0. The number of aromatic amines is 1. The van der Waals surface area contributed by atoms with Crippen molar-refractivity contribution < 1.29 is 41.8 Å². The number of aliphatic hydroxyl groups is 1. The number of hydrogen-bond donors (Lipinski definition) is 6. The Morgan fingerprint density at radius 3 is 2.38 bits per heavy atom. The van der Waals surface area contributed by atoms with Gasteiger partial charge in [0.05, 0.1) is 25.9 Å². The molecular weight excluding hydrogens is 702 g/mol. The van der Waals surface area contributed by atoms with Crippen molar-refractivity contribution >= 4 is 83.8 Å². The number of anilines is 2. The monoisotopic (exact) mass is 724 g/mol. The lowest BCUT2D eigenvalue weighted by Crippen LogP contribution is -2.35. The SMILES string of the molecule is Nc1nc2c(ncn2[C@@H]2O[C@@H]3CO[P@@](=O)(S)OC4C[C@H](n5cnc6c(N)nc(Cl)nc65)O[C@@H]4CO[P@](=O)(S)OC2C3O)c(=O)[nH]1. The normalized spacial score (nSPS) is 36.0. The number of H-pyrrole nitrogens is 1. The van der Waals surface area contributed by atoms with Crippen LogP contribution in [0.15, 0.2) is 17.4 Å². The van der Waals surface area contributed by atoms with E-state index in [1.165, 1.54) is 21.8 Å². The largest absolute Gasteiger partial charge is 0.387 e. The molecule has 9 atom stereocenters. The van der Waals surface area contributed by atoms with E-state index in [-0.39, 0.29) is 45.8 Å². The Bertz CT molecular complexity index is 1960. The molecule has 3 saturated heterocycles. The lowest BCUT2D eigenvalue weighted by Gasteiger charge is -2.26. The van der Waals surface area contributed by atoms with Crippen molar-refractivity contribution in [1.29, 1.82) is 0 Å². The first-order valence-corrected chi connectivity index (χ1v) is 18.7. The summed E-state index contributed by atoms with van der Waals surface area (Å²) in [6, 6.07) is 0. The van der Waals surface area contributed by atoms with Crippen LogP contribution in [-0.4, -0.2) is 87.9 Å². The van der Waals surface area contributed by atoms with E-state index in [0.717, 1.165) is 0 Å². The molecule has 25 heteroatoms. The minimum absolute atomic E-state index is 0.0172. The van der Waals surface area contributed by atoms with Crippen molar-refractivity contribution in [3.05, 3.63) is 28.3 Å². The molecule has 0 saturated carbocycles. The number of hydrogen-bond acceptors (Lipinski definition) is 17. The van der Waals surface area contributed by atoms with Crippen LogP contribution >= 0.6 is 49.7 Å². The Hall–Kier alpha value is -2.33. The summed E-state index contributed by atoms with van der Waals surface area (Å²) in [6.07, 6.45) is -5.66. The van der Waals surface area contributed by atoms with E-state index in [2.05, 4.69) is 54.4 Å². The predicted octanol–water partition coefficient (Wildman–Crippen LogP) is 1.22. The van der Waals surface area contributed by atoms with Gasteiger partial charge in [0.2, 0.25) is 11.2 Å². The van der Waals surface area contributed by atoms with Crippen LogP contribution in [0.3, 0.4) is 0 Å². The molecule has 3 fully saturated rings. The zero-order valence-electron chi connectivity index (χ0n) is 22.4. The topological polar surface area (TPSA) is 269 Å². The number of rotatable bonds is 2. The van der Waals surface area contributed by atoms with E-state index < -0.39 is 75.3 Å². The van der Waals surface area contributed by atoms with Gasteiger partial charge in [0.25, 0.3) is 5.56 Å². The maximum Gasteiger partial charge on any atom is 0.386 e. The summed E-state index contributed by atoms with van der Waals surface area (Å²) in [5.41, 5.74) is 11.4. The van der Waals surface area contributed by atoms with Crippen LogP contribution in [0.5, 0.6) is 0 Å². The molecular formula is C20H23ClN10O10P2S2. The number of nitrogens with zero attached hydrogens (tertiary/aromatic N) is 7. The molecule has 20 nitrogen and oxygen atoms in total. The molecule has 0 aromatic carbocycles. The number of aromatic nitrogens is 8. The summed E-state index contributed by atoms with van der Waals surface area (Å²) in [6.45, 7) is -9.41. The van der Waals surface area contributed by atoms with E-state index >= 15 is 0 Å². The van der Waals surface area contributed by atoms with Crippen LogP contribution in [0.25, 0.3) is 22.3 Å².